The van der Waals surface area contributed by atoms with Gasteiger partial charge >= 0.3 is 5.97 Å². The highest BCUT2D eigenvalue weighted by Gasteiger charge is 2.53. The van der Waals surface area contributed by atoms with Crippen molar-refractivity contribution in [2.24, 2.45) is 0 Å². The molecule has 2 aliphatic heterocycles. The number of methoxy groups -OCH3 is 1. The predicted molar refractivity (Wildman–Crippen MR) is 101 cm³/mol. The van der Waals surface area contributed by atoms with Gasteiger partial charge in [-0.15, -0.1) is 11.8 Å². The van der Waals surface area contributed by atoms with E-state index in [0.29, 0.717) is 25.1 Å². The Morgan fingerprint density at radius 3 is 2.93 bits per heavy atom. The lowest BCUT2D eigenvalue weighted by Crippen LogP contribution is -2.47. The van der Waals surface area contributed by atoms with Gasteiger partial charge in [0.05, 0.1) is 12.0 Å². The third-order valence-electron chi connectivity index (χ3n) is 4.97. The molecular weight excluding hydrogens is 368 g/mol. The number of hydrogen-bond acceptors (Lipinski definition) is 6. The van der Waals surface area contributed by atoms with Gasteiger partial charge in [0.25, 0.3) is 5.91 Å². The van der Waals surface area contributed by atoms with E-state index in [9.17, 15) is 14.4 Å². The van der Waals surface area contributed by atoms with Crippen molar-refractivity contribution in [3.63, 3.8) is 0 Å². The van der Waals surface area contributed by atoms with Gasteiger partial charge in [-0.1, -0.05) is 18.2 Å². The lowest BCUT2D eigenvalue weighted by atomic mass is 10.1. The van der Waals surface area contributed by atoms with E-state index >= 15 is 0 Å². The van der Waals surface area contributed by atoms with Gasteiger partial charge in [-0.25, -0.2) is 4.79 Å². The van der Waals surface area contributed by atoms with E-state index in [2.05, 4.69) is 5.32 Å². The van der Waals surface area contributed by atoms with Crippen LogP contribution in [0.3, 0.4) is 0 Å². The smallest absolute Gasteiger partial charge is 0.330 e. The molecule has 3 rings (SSSR count). The Morgan fingerprint density at radius 1 is 1.37 bits per heavy atom. The topological polar surface area (TPSA) is 84.9 Å². The van der Waals surface area contributed by atoms with Gasteiger partial charge in [-0.05, 0) is 31.4 Å². The van der Waals surface area contributed by atoms with Gasteiger partial charge in [0, 0.05) is 18.7 Å². The second-order valence-electron chi connectivity index (χ2n) is 6.79. The molecule has 7 nitrogen and oxygen atoms in total. The van der Waals surface area contributed by atoms with Crippen molar-refractivity contribution >= 4 is 29.5 Å². The van der Waals surface area contributed by atoms with Crippen molar-refractivity contribution in [3.05, 3.63) is 29.8 Å². The first-order valence-corrected chi connectivity index (χ1v) is 9.94. The van der Waals surface area contributed by atoms with E-state index in [4.69, 9.17) is 9.47 Å². The minimum atomic E-state index is -0.601. The molecule has 146 valence electrons. The van der Waals surface area contributed by atoms with Crippen molar-refractivity contribution < 1.29 is 23.9 Å². The third kappa shape index (κ3) is 4.21. The van der Waals surface area contributed by atoms with Crippen molar-refractivity contribution in [2.75, 3.05) is 26.0 Å². The van der Waals surface area contributed by atoms with E-state index in [1.54, 1.807) is 23.8 Å². The summed E-state index contributed by atoms with van der Waals surface area (Å²) in [4.78, 5) is 37.7. The fourth-order valence-corrected chi connectivity index (χ4v) is 4.94. The summed E-state index contributed by atoms with van der Waals surface area (Å²) in [6.07, 6.45) is 1.81. The van der Waals surface area contributed by atoms with Crippen LogP contribution in [0.25, 0.3) is 0 Å². The zero-order valence-electron chi connectivity index (χ0n) is 15.5. The largest absolute Gasteiger partial charge is 0.496 e. The maximum absolute atomic E-state index is 12.3. The lowest BCUT2D eigenvalue weighted by molar-refractivity contribution is -0.156. The summed E-state index contributed by atoms with van der Waals surface area (Å²) in [7, 11) is 1.61. The molecule has 1 aromatic carbocycles. The molecule has 27 heavy (non-hydrogen) atoms. The number of hydrogen-bond donors (Lipinski definition) is 1. The summed E-state index contributed by atoms with van der Waals surface area (Å²) in [6, 6.07) is 7.00. The van der Waals surface area contributed by atoms with E-state index in [-0.39, 0.29) is 23.3 Å². The van der Waals surface area contributed by atoms with Crippen molar-refractivity contribution in [3.8, 4) is 5.75 Å². The SMILES string of the molecule is COc1ccccc1CCNC(=O)COC(=O)[C@H]1CS[C@@]2(C)CCC(=O)N12. The van der Waals surface area contributed by atoms with Gasteiger partial charge in [0.15, 0.2) is 6.61 Å². The van der Waals surface area contributed by atoms with Crippen LogP contribution in [0.4, 0.5) is 0 Å². The molecule has 2 amide bonds. The van der Waals surface area contributed by atoms with Gasteiger partial charge in [-0.3, -0.25) is 9.59 Å². The number of esters is 1. The van der Waals surface area contributed by atoms with Crippen LogP contribution >= 0.6 is 11.8 Å². The van der Waals surface area contributed by atoms with Crippen LogP contribution in [0, 0.1) is 0 Å². The average molecular weight is 392 g/mol. The van der Waals surface area contributed by atoms with Gasteiger partial charge in [-0.2, -0.15) is 0 Å². The molecule has 2 heterocycles. The van der Waals surface area contributed by atoms with Crippen LogP contribution in [0.5, 0.6) is 5.75 Å². The molecule has 2 saturated heterocycles. The van der Waals surface area contributed by atoms with Crippen LogP contribution in [0.15, 0.2) is 24.3 Å². The minimum absolute atomic E-state index is 0.0225. The number of ether oxygens (including phenoxy) is 2. The Hall–Kier alpha value is -2.22. The average Bonchev–Trinajstić information content (AvgIpc) is 3.16. The van der Waals surface area contributed by atoms with Crippen LogP contribution in [-0.4, -0.2) is 59.6 Å². The third-order valence-corrected chi connectivity index (χ3v) is 6.48. The fraction of sp³-hybridized carbons (Fsp3) is 0.526. The lowest BCUT2D eigenvalue weighted by Gasteiger charge is -2.29. The van der Waals surface area contributed by atoms with Gasteiger partial charge in [0.1, 0.15) is 11.8 Å². The fourth-order valence-electron chi connectivity index (χ4n) is 3.53. The molecule has 2 fully saturated rings. The molecule has 0 spiro atoms. The van der Waals surface area contributed by atoms with Crippen LogP contribution in [0.2, 0.25) is 0 Å². The number of nitrogens with zero attached hydrogens (tertiary/aromatic N) is 1. The number of para-hydroxylation sites is 1. The van der Waals surface area contributed by atoms with Crippen LogP contribution in [-0.2, 0) is 25.5 Å². The molecule has 1 N–H and O–H groups in total. The Bertz CT molecular complexity index is 741. The summed E-state index contributed by atoms with van der Waals surface area (Å²) < 4.78 is 10.4. The second-order valence-corrected chi connectivity index (χ2v) is 8.29. The Labute approximate surface area is 162 Å². The van der Waals surface area contributed by atoms with Crippen molar-refractivity contribution in [1.29, 1.82) is 0 Å². The number of thioether (sulfide) groups is 1. The first kappa shape index (κ1) is 19.5. The maximum atomic E-state index is 12.3. The Balaban J connectivity index is 1.43. The van der Waals surface area contributed by atoms with E-state index in [0.717, 1.165) is 17.7 Å². The molecule has 1 aromatic rings. The number of rotatable bonds is 7. The second kappa shape index (κ2) is 8.21. The van der Waals surface area contributed by atoms with Gasteiger partial charge < -0.3 is 19.7 Å². The molecule has 0 radical (unpaired) electrons. The summed E-state index contributed by atoms with van der Waals surface area (Å²) in [6.45, 7) is 2.05. The number of carbonyl (C=O) groups is 3. The summed E-state index contributed by atoms with van der Waals surface area (Å²) in [5.41, 5.74) is 0.993. The Kier molecular flexibility index (Phi) is 5.94. The number of fused-ring (bicyclic) bond motifs is 1. The maximum Gasteiger partial charge on any atom is 0.330 e. The van der Waals surface area contributed by atoms with Gasteiger partial charge in [0.2, 0.25) is 5.91 Å². The molecule has 0 bridgehead atoms. The number of benzene rings is 1. The number of amides is 2. The first-order chi connectivity index (χ1) is 12.9. The van der Waals surface area contributed by atoms with Crippen molar-refractivity contribution in [2.45, 2.75) is 37.1 Å². The zero-order chi connectivity index (χ0) is 19.4. The van der Waals surface area contributed by atoms with E-state index in [1.165, 1.54) is 0 Å². The molecule has 2 aliphatic rings. The molecule has 2 atom stereocenters. The van der Waals surface area contributed by atoms with Crippen molar-refractivity contribution in [1.82, 2.24) is 10.2 Å². The minimum Gasteiger partial charge on any atom is -0.496 e. The number of nitrogens with one attached hydrogen (secondary N) is 1. The van der Waals surface area contributed by atoms with E-state index in [1.807, 2.05) is 31.2 Å². The van der Waals surface area contributed by atoms with Crippen LogP contribution in [0.1, 0.15) is 25.3 Å². The highest BCUT2D eigenvalue weighted by molar-refractivity contribution is 8.01. The normalized spacial score (nSPS) is 23.9. The van der Waals surface area contributed by atoms with Crippen LogP contribution < -0.4 is 10.1 Å². The molecule has 8 heteroatoms. The summed E-state index contributed by atoms with van der Waals surface area (Å²) >= 11 is 1.60. The first-order valence-electron chi connectivity index (χ1n) is 8.96. The molecular formula is C19H24N2O5S. The molecule has 0 saturated carbocycles. The quantitative estimate of drug-likeness (QED) is 0.705. The highest BCUT2D eigenvalue weighted by atomic mass is 32.2. The van der Waals surface area contributed by atoms with E-state index < -0.39 is 12.0 Å². The predicted octanol–water partition coefficient (Wildman–Crippen LogP) is 1.35. The monoisotopic (exact) mass is 392 g/mol. The summed E-state index contributed by atoms with van der Waals surface area (Å²) in [5.74, 6) is 0.387. The zero-order valence-corrected chi connectivity index (χ0v) is 16.3. The molecule has 0 aliphatic carbocycles. The molecule has 0 aromatic heterocycles. The Morgan fingerprint density at radius 2 is 2.15 bits per heavy atom. The highest BCUT2D eigenvalue weighted by Crippen LogP contribution is 2.47. The summed E-state index contributed by atoms with van der Waals surface area (Å²) in [5, 5.41) is 2.73. The molecule has 0 unspecified atom stereocenters. The standard InChI is InChI=1S/C19H24N2O5S/c1-19-9-7-17(23)21(19)14(12-27-19)18(24)26-11-16(22)20-10-8-13-5-3-4-6-15(13)25-2/h3-6,14H,7-12H2,1-2H3,(H,20,22)/t14-,19+/m1/s1. The number of carbonyl (C=O) groups excluding carboxylic acids is 3.